The zero-order valence-electron chi connectivity index (χ0n) is 20.7. The number of carbonyl (C=O) groups is 2. The maximum Gasteiger partial charge on any atom is 0.314 e. The number of nitrogens with two attached hydrogens (primary N) is 1. The molecule has 7 nitrogen and oxygen atoms in total. The van der Waals surface area contributed by atoms with Crippen molar-refractivity contribution >= 4 is 11.9 Å². The highest BCUT2D eigenvalue weighted by Gasteiger charge is 2.34. The molecule has 0 bridgehead atoms. The van der Waals surface area contributed by atoms with E-state index in [1.807, 2.05) is 6.92 Å². The normalized spacial score (nSPS) is 29.5. The van der Waals surface area contributed by atoms with E-state index in [9.17, 15) is 9.59 Å². The monoisotopic (exact) mass is 448 g/mol. The van der Waals surface area contributed by atoms with Crippen LogP contribution in [-0.2, 0) is 4.79 Å². The number of hydrogen-bond acceptors (Lipinski definition) is 3. The van der Waals surface area contributed by atoms with Crippen molar-refractivity contribution in [1.29, 1.82) is 0 Å². The lowest BCUT2D eigenvalue weighted by Crippen LogP contribution is -2.95. The Bertz CT molecular complexity index is 651. The van der Waals surface area contributed by atoms with Crippen LogP contribution in [-0.4, -0.2) is 73.7 Å². The van der Waals surface area contributed by atoms with Crippen LogP contribution < -0.4 is 16.0 Å². The van der Waals surface area contributed by atoms with Crippen molar-refractivity contribution in [2.24, 2.45) is 23.7 Å². The fraction of sp³-hybridized carbons (Fsp3) is 0.840. The van der Waals surface area contributed by atoms with Crippen LogP contribution in [0.5, 0.6) is 0 Å². The van der Waals surface area contributed by atoms with Gasteiger partial charge in [0.15, 0.2) is 0 Å². The lowest BCUT2D eigenvalue weighted by atomic mass is 9.69. The Morgan fingerprint density at radius 1 is 1.16 bits per heavy atom. The van der Waals surface area contributed by atoms with Crippen LogP contribution in [0.2, 0.25) is 0 Å². The van der Waals surface area contributed by atoms with Gasteiger partial charge in [-0.25, -0.2) is 4.79 Å². The summed E-state index contributed by atoms with van der Waals surface area (Å²) in [5, 5.41) is 8.32. The molecule has 0 aromatic rings. The number of hydrogen-bond donors (Lipinski definition) is 3. The summed E-state index contributed by atoms with van der Waals surface area (Å²) in [5.74, 6) is 1.97. The Labute approximate surface area is 194 Å². The highest BCUT2D eigenvalue weighted by atomic mass is 16.2. The molecule has 4 unspecified atom stereocenters. The maximum atomic E-state index is 13.1. The van der Waals surface area contributed by atoms with Gasteiger partial charge >= 0.3 is 6.03 Å². The Balaban J connectivity index is 1.52. The molecule has 2 aliphatic heterocycles. The zero-order chi connectivity index (χ0) is 23.1. The maximum absolute atomic E-state index is 13.1. The lowest BCUT2D eigenvalue weighted by Gasteiger charge is -2.40. The first kappa shape index (κ1) is 25.0. The van der Waals surface area contributed by atoms with Crippen molar-refractivity contribution in [2.45, 2.75) is 66.0 Å². The fourth-order valence-electron chi connectivity index (χ4n) is 5.84. The standard InChI is InChI=1S/C25H45N5O2/c1-5-26-25(32)28-17-21-14-19(4)20(15-22(21)18(2)3)16-24(31)30-12-10-29(11-13-30)23-8-6-7-9-27-23/h14,18,20-23,27H,5-13,15-17H2,1-4H3,(H2,26,28,32)/p+1. The minimum absolute atomic E-state index is 0.0941. The highest BCUT2D eigenvalue weighted by Crippen LogP contribution is 2.39. The van der Waals surface area contributed by atoms with Crippen LogP contribution in [0.15, 0.2) is 11.6 Å². The molecule has 0 spiro atoms. The molecule has 4 atom stereocenters. The number of piperazine rings is 1. The third-order valence-electron chi connectivity index (χ3n) is 7.87. The summed E-state index contributed by atoms with van der Waals surface area (Å²) in [6.07, 6.45) is 8.57. The second-order valence-electron chi connectivity index (χ2n) is 10.4. The third-order valence-corrected chi connectivity index (χ3v) is 7.87. The van der Waals surface area contributed by atoms with Gasteiger partial charge in [0.25, 0.3) is 0 Å². The average Bonchev–Trinajstić information content (AvgIpc) is 2.79. The number of nitrogens with zero attached hydrogens (tertiary/aromatic N) is 2. The Morgan fingerprint density at radius 2 is 1.91 bits per heavy atom. The largest absolute Gasteiger partial charge is 0.340 e. The predicted molar refractivity (Wildman–Crippen MR) is 128 cm³/mol. The number of amides is 3. The molecule has 182 valence electrons. The molecule has 4 N–H and O–H groups in total. The SMILES string of the molecule is CCNC(=O)NCC1C=C(C)C(CC(=O)N2CCN(C3CCCC[NH2+]3)CC2)CC1C(C)C. The topological polar surface area (TPSA) is 81.3 Å². The predicted octanol–water partition coefficient (Wildman–Crippen LogP) is 1.77. The van der Waals surface area contributed by atoms with Crippen LogP contribution in [0.3, 0.4) is 0 Å². The van der Waals surface area contributed by atoms with E-state index in [2.05, 4.69) is 52.6 Å². The number of carbonyl (C=O) groups excluding carboxylic acids is 2. The van der Waals surface area contributed by atoms with E-state index in [1.165, 1.54) is 31.4 Å². The van der Waals surface area contributed by atoms with Gasteiger partial charge in [-0.2, -0.15) is 0 Å². The van der Waals surface area contributed by atoms with Gasteiger partial charge in [0, 0.05) is 52.1 Å². The van der Waals surface area contributed by atoms with Gasteiger partial charge in [-0.1, -0.05) is 25.5 Å². The number of nitrogens with one attached hydrogen (secondary N) is 2. The van der Waals surface area contributed by atoms with Gasteiger partial charge in [0.1, 0.15) is 6.17 Å². The third kappa shape index (κ3) is 6.70. The zero-order valence-corrected chi connectivity index (χ0v) is 20.7. The quantitative estimate of drug-likeness (QED) is 0.519. The van der Waals surface area contributed by atoms with Crippen molar-refractivity contribution < 1.29 is 14.9 Å². The minimum Gasteiger partial charge on any atom is -0.340 e. The highest BCUT2D eigenvalue weighted by molar-refractivity contribution is 5.77. The van der Waals surface area contributed by atoms with Crippen LogP contribution in [0.25, 0.3) is 0 Å². The second kappa shape index (κ2) is 12.0. The number of allylic oxidation sites excluding steroid dienone is 1. The molecule has 3 amide bonds. The summed E-state index contributed by atoms with van der Waals surface area (Å²) >= 11 is 0. The molecule has 3 aliphatic rings. The molecule has 3 rings (SSSR count). The summed E-state index contributed by atoms with van der Waals surface area (Å²) in [4.78, 5) is 29.7. The first-order valence-corrected chi connectivity index (χ1v) is 12.9. The van der Waals surface area contributed by atoms with Crippen LogP contribution in [0, 0.1) is 23.7 Å². The van der Waals surface area contributed by atoms with Crippen molar-refractivity contribution in [3.63, 3.8) is 0 Å². The van der Waals surface area contributed by atoms with Crippen LogP contribution in [0.4, 0.5) is 4.79 Å². The average molecular weight is 449 g/mol. The van der Waals surface area contributed by atoms with Crippen molar-refractivity contribution in [2.75, 3.05) is 45.8 Å². The van der Waals surface area contributed by atoms with Gasteiger partial charge in [-0.15, -0.1) is 0 Å². The van der Waals surface area contributed by atoms with Crippen molar-refractivity contribution in [3.8, 4) is 0 Å². The second-order valence-corrected chi connectivity index (χ2v) is 10.4. The number of rotatable bonds is 7. The van der Waals surface area contributed by atoms with Gasteiger partial charge in [0.2, 0.25) is 5.91 Å². The first-order valence-electron chi connectivity index (χ1n) is 12.9. The smallest absolute Gasteiger partial charge is 0.314 e. The molecule has 0 aromatic carbocycles. The summed E-state index contributed by atoms with van der Waals surface area (Å²) in [5.41, 5.74) is 1.31. The number of urea groups is 1. The van der Waals surface area contributed by atoms with Gasteiger partial charge in [-0.05, 0) is 56.8 Å². The molecule has 7 heteroatoms. The van der Waals surface area contributed by atoms with E-state index in [4.69, 9.17) is 0 Å². The Morgan fingerprint density at radius 3 is 2.53 bits per heavy atom. The van der Waals surface area contributed by atoms with Crippen LogP contribution >= 0.6 is 0 Å². The van der Waals surface area contributed by atoms with Crippen molar-refractivity contribution in [3.05, 3.63) is 11.6 Å². The van der Waals surface area contributed by atoms with E-state index in [1.54, 1.807) is 0 Å². The van der Waals surface area contributed by atoms with E-state index >= 15 is 0 Å². The first-order chi connectivity index (χ1) is 15.4. The summed E-state index contributed by atoms with van der Waals surface area (Å²) in [6, 6.07) is -0.0941. The molecule has 0 aromatic heterocycles. The van der Waals surface area contributed by atoms with Gasteiger partial charge < -0.3 is 20.9 Å². The van der Waals surface area contributed by atoms with E-state index in [-0.39, 0.29) is 6.03 Å². The molecular formula is C25H46N5O2+. The fourth-order valence-corrected chi connectivity index (χ4v) is 5.84. The molecule has 2 heterocycles. The minimum atomic E-state index is -0.0941. The Kier molecular flexibility index (Phi) is 9.41. The van der Waals surface area contributed by atoms with Gasteiger partial charge in [0.05, 0.1) is 6.54 Å². The number of quaternary nitrogens is 1. The molecule has 1 aliphatic carbocycles. The molecule has 0 radical (unpaired) electrons. The van der Waals surface area contributed by atoms with Crippen LogP contribution in [0.1, 0.15) is 59.8 Å². The molecular weight excluding hydrogens is 402 g/mol. The number of piperidine rings is 1. The molecule has 2 fully saturated rings. The summed E-state index contributed by atoms with van der Waals surface area (Å²) < 4.78 is 0. The molecule has 0 saturated carbocycles. The lowest BCUT2D eigenvalue weighted by molar-refractivity contribution is -0.717. The van der Waals surface area contributed by atoms with Crippen molar-refractivity contribution in [1.82, 2.24) is 20.4 Å². The van der Waals surface area contributed by atoms with E-state index in [0.717, 1.165) is 32.6 Å². The summed E-state index contributed by atoms with van der Waals surface area (Å²) in [6.45, 7) is 14.9. The van der Waals surface area contributed by atoms with E-state index < -0.39 is 0 Å². The van der Waals surface area contributed by atoms with E-state index in [0.29, 0.717) is 55.3 Å². The molecule has 32 heavy (non-hydrogen) atoms. The summed E-state index contributed by atoms with van der Waals surface area (Å²) in [7, 11) is 0. The van der Waals surface area contributed by atoms with Gasteiger partial charge in [-0.3, -0.25) is 9.69 Å². The Hall–Kier alpha value is -1.60. The molecule has 2 saturated heterocycles.